The molecule has 1 N–H and O–H groups in total. The zero-order valence-corrected chi connectivity index (χ0v) is 28.4. The van der Waals surface area contributed by atoms with Crippen LogP contribution in [0.25, 0.3) is 0 Å². The lowest BCUT2D eigenvalue weighted by molar-refractivity contribution is -0.163. The van der Waals surface area contributed by atoms with E-state index in [1.54, 1.807) is 0 Å². The Morgan fingerprint density at radius 2 is 1.24 bits per heavy atom. The van der Waals surface area contributed by atoms with Crippen molar-refractivity contribution < 1.29 is 23.1 Å². The Kier molecular flexibility index (Phi) is 12.8. The smallest absolute Gasteiger partial charge is 0.257 e. The Morgan fingerprint density at radius 3 is 1.73 bits per heavy atom. The van der Waals surface area contributed by atoms with Crippen LogP contribution in [0.15, 0.2) is 60.7 Å². The van der Waals surface area contributed by atoms with Crippen molar-refractivity contribution in [2.75, 3.05) is 6.61 Å². The second-order valence-electron chi connectivity index (χ2n) is 11.4. The molecule has 1 heterocycles. The maximum Gasteiger partial charge on any atom is 0.257 e. The minimum absolute atomic E-state index is 0.130. The summed E-state index contributed by atoms with van der Waals surface area (Å²) in [5, 5.41) is 3.30. The molecule has 0 aromatic heterocycles. The number of hydrogen-bond donors (Lipinski definition) is 1. The monoisotopic (exact) mass is 599 g/mol. The third-order valence-corrected chi connectivity index (χ3v) is 18.7. The number of ether oxygens (including phenoxy) is 2. The van der Waals surface area contributed by atoms with E-state index in [1.165, 1.54) is 0 Å². The van der Waals surface area contributed by atoms with Crippen LogP contribution in [0.5, 0.6) is 0 Å². The molecule has 1 fully saturated rings. The van der Waals surface area contributed by atoms with Gasteiger partial charge in [0.25, 0.3) is 5.91 Å². The van der Waals surface area contributed by atoms with E-state index in [0.717, 1.165) is 47.4 Å². The summed E-state index contributed by atoms with van der Waals surface area (Å²) in [5.74, 6) is -0.130. The Hall–Kier alpha value is -1.82. The van der Waals surface area contributed by atoms with Gasteiger partial charge >= 0.3 is 0 Å². The third-order valence-electron chi connectivity index (χ3n) is 9.44. The lowest BCUT2D eigenvalue weighted by atomic mass is 9.90. The Balaban J connectivity index is 2.03. The van der Waals surface area contributed by atoms with Gasteiger partial charge in [-0.1, -0.05) is 102 Å². The second-order valence-corrected chi connectivity index (χ2v) is 20.9. The first-order chi connectivity index (χ1) is 19.8. The fourth-order valence-corrected chi connectivity index (χ4v) is 12.0. The summed E-state index contributed by atoms with van der Waals surface area (Å²) in [4.78, 5) is 14.4. The van der Waals surface area contributed by atoms with Gasteiger partial charge in [-0.15, -0.1) is 0 Å². The summed E-state index contributed by atoms with van der Waals surface area (Å²) < 4.78 is 27.4. The van der Waals surface area contributed by atoms with Crippen molar-refractivity contribution in [1.82, 2.24) is 5.32 Å². The predicted octanol–water partition coefficient (Wildman–Crippen LogP) is 7.46. The minimum atomic E-state index is -2.28. The zero-order valence-electron chi connectivity index (χ0n) is 26.4. The normalized spacial score (nSPS) is 22.1. The third kappa shape index (κ3) is 7.78. The topological polar surface area (TPSA) is 66.0 Å². The van der Waals surface area contributed by atoms with Gasteiger partial charge in [0.05, 0.1) is 32.0 Å². The minimum Gasteiger partial charge on any atom is -0.408 e. The molecule has 4 atom stereocenters. The molecule has 1 aliphatic rings. The largest absolute Gasteiger partial charge is 0.408 e. The maximum absolute atomic E-state index is 14.4. The first-order valence-electron chi connectivity index (χ1n) is 15.7. The van der Waals surface area contributed by atoms with Crippen molar-refractivity contribution in [3.05, 3.63) is 71.8 Å². The van der Waals surface area contributed by atoms with Crippen molar-refractivity contribution in [3.63, 3.8) is 0 Å². The number of amides is 1. The molecule has 0 spiro atoms. The quantitative estimate of drug-likeness (QED) is 0.180. The Labute approximate surface area is 250 Å². The van der Waals surface area contributed by atoms with Crippen LogP contribution in [0.3, 0.4) is 0 Å². The van der Waals surface area contributed by atoms with Crippen LogP contribution in [0, 0.1) is 0 Å². The summed E-state index contributed by atoms with van der Waals surface area (Å²) in [7, 11) is -4.43. The van der Waals surface area contributed by atoms with Gasteiger partial charge in [-0.2, -0.15) is 0 Å². The van der Waals surface area contributed by atoms with Gasteiger partial charge in [-0.3, -0.25) is 4.79 Å². The molecular weight excluding hydrogens is 547 g/mol. The van der Waals surface area contributed by atoms with Crippen LogP contribution in [0.1, 0.15) is 59.6 Å². The van der Waals surface area contributed by atoms with Gasteiger partial charge in [0.1, 0.15) is 6.10 Å². The summed E-state index contributed by atoms with van der Waals surface area (Å²) in [6, 6.07) is 25.7. The van der Waals surface area contributed by atoms with E-state index in [2.05, 4.69) is 71.1 Å². The summed E-state index contributed by atoms with van der Waals surface area (Å²) in [6.07, 6.45) is -1.01. The molecular formula is C33H53NO5Si2. The van der Waals surface area contributed by atoms with Gasteiger partial charge in [-0.25, -0.2) is 0 Å². The molecule has 228 valence electrons. The van der Waals surface area contributed by atoms with Crippen LogP contribution in [0.4, 0.5) is 0 Å². The van der Waals surface area contributed by atoms with Crippen LogP contribution < -0.4 is 5.32 Å². The number of carbonyl (C=O) groups is 1. The molecule has 1 saturated heterocycles. The average molecular weight is 600 g/mol. The lowest BCUT2D eigenvalue weighted by Crippen LogP contribution is -2.65. The fraction of sp³-hybridized carbons (Fsp3) is 0.606. The van der Waals surface area contributed by atoms with Gasteiger partial charge in [0.15, 0.2) is 22.2 Å². The second kappa shape index (κ2) is 15.6. The van der Waals surface area contributed by atoms with E-state index in [-0.39, 0.29) is 11.9 Å². The van der Waals surface area contributed by atoms with Crippen LogP contribution in [-0.2, 0) is 36.3 Å². The molecule has 0 saturated carbocycles. The van der Waals surface area contributed by atoms with Crippen LogP contribution in [0.2, 0.25) is 36.3 Å². The highest BCUT2D eigenvalue weighted by molar-refractivity contribution is 6.74. The van der Waals surface area contributed by atoms with E-state index in [4.69, 9.17) is 18.3 Å². The summed E-state index contributed by atoms with van der Waals surface area (Å²) >= 11 is 0. The van der Waals surface area contributed by atoms with E-state index in [1.807, 2.05) is 43.3 Å². The molecule has 41 heavy (non-hydrogen) atoms. The summed E-state index contributed by atoms with van der Waals surface area (Å²) in [5.41, 5.74) is 0.921. The van der Waals surface area contributed by atoms with Crippen molar-refractivity contribution >= 4 is 22.5 Å². The number of benzene rings is 2. The average Bonchev–Trinajstić information content (AvgIpc) is 3.28. The standard InChI is InChI=1S/C33H53NO5Si2/c1-8-40(9-2,10-3)38-31-30(26-36-24-28-20-16-14-17-21-28)34-32(35)33(31,39-41(11-4,12-5)13-6)27(7)37-25-29-22-18-15-19-23-29/h14-23,27,30-31H,8-13,24-26H2,1-7H3,(H,34,35)/t27-,30+,31+,33-/m1/s1. The SMILES string of the molecule is CC[Si](CC)(CC)O[C@H]1[C@H](COCc2ccccc2)NC(=O)[C@@]1(O[Si](CC)(CC)CC)[C@@H](C)OCc1ccccc1. The Bertz CT molecular complexity index is 1030. The molecule has 0 unspecified atom stereocenters. The highest BCUT2D eigenvalue weighted by Gasteiger charge is 2.64. The molecule has 1 amide bonds. The highest BCUT2D eigenvalue weighted by atomic mass is 28.4. The lowest BCUT2D eigenvalue weighted by Gasteiger charge is -2.47. The summed E-state index contributed by atoms with van der Waals surface area (Å²) in [6.45, 7) is 16.5. The highest BCUT2D eigenvalue weighted by Crippen LogP contribution is 2.42. The van der Waals surface area contributed by atoms with Crippen molar-refractivity contribution in [2.24, 2.45) is 0 Å². The fourth-order valence-electron chi connectivity index (χ4n) is 6.08. The van der Waals surface area contributed by atoms with Crippen LogP contribution >= 0.6 is 0 Å². The van der Waals surface area contributed by atoms with E-state index in [0.29, 0.717) is 19.8 Å². The maximum atomic E-state index is 14.4. The van der Waals surface area contributed by atoms with Crippen molar-refractivity contribution in [1.29, 1.82) is 0 Å². The van der Waals surface area contributed by atoms with Gasteiger partial charge in [0, 0.05) is 0 Å². The first kappa shape index (κ1) is 33.7. The molecule has 0 radical (unpaired) electrons. The molecule has 0 bridgehead atoms. The number of rotatable bonds is 18. The first-order valence-corrected chi connectivity index (χ1v) is 20.8. The number of nitrogens with one attached hydrogen (secondary N) is 1. The van der Waals surface area contributed by atoms with E-state index in [9.17, 15) is 4.79 Å². The molecule has 2 aromatic carbocycles. The van der Waals surface area contributed by atoms with Crippen molar-refractivity contribution in [3.8, 4) is 0 Å². The molecule has 6 nitrogen and oxygen atoms in total. The van der Waals surface area contributed by atoms with Gasteiger partial charge in [-0.05, 0) is 54.3 Å². The molecule has 0 aliphatic carbocycles. The number of hydrogen-bond acceptors (Lipinski definition) is 5. The molecule has 3 rings (SSSR count). The Morgan fingerprint density at radius 1 is 0.756 bits per heavy atom. The number of carbonyl (C=O) groups excluding carboxylic acids is 1. The van der Waals surface area contributed by atoms with Crippen molar-refractivity contribution in [2.45, 2.75) is 122 Å². The molecule has 8 heteroatoms. The zero-order chi connectivity index (χ0) is 29.9. The molecule has 1 aliphatic heterocycles. The van der Waals surface area contributed by atoms with E-state index < -0.39 is 34.4 Å². The van der Waals surface area contributed by atoms with E-state index >= 15 is 0 Å². The molecule has 2 aromatic rings. The van der Waals surface area contributed by atoms with Gasteiger partial charge in [0.2, 0.25) is 0 Å². The van der Waals surface area contributed by atoms with Crippen LogP contribution in [-0.4, -0.2) is 53.0 Å². The van der Waals surface area contributed by atoms with Gasteiger partial charge < -0.3 is 23.6 Å². The predicted molar refractivity (Wildman–Crippen MR) is 172 cm³/mol.